The van der Waals surface area contributed by atoms with E-state index in [0.717, 1.165) is 12.8 Å². The summed E-state index contributed by atoms with van der Waals surface area (Å²) in [7, 11) is 0. The van der Waals surface area contributed by atoms with Crippen molar-refractivity contribution in [1.82, 2.24) is 9.88 Å². The third-order valence-corrected chi connectivity index (χ3v) is 6.52. The van der Waals surface area contributed by atoms with Gasteiger partial charge in [-0.05, 0) is 12.3 Å². The molecule has 0 saturated carbocycles. The summed E-state index contributed by atoms with van der Waals surface area (Å²) >= 11 is 2.69. The van der Waals surface area contributed by atoms with E-state index in [1.165, 1.54) is 34.9 Å². The number of aliphatic hydroxyl groups is 1. The fraction of sp³-hybridized carbons (Fsp3) is 0.632. The first-order valence-electron chi connectivity index (χ1n) is 9.52. The van der Waals surface area contributed by atoms with Gasteiger partial charge in [0, 0.05) is 17.7 Å². The summed E-state index contributed by atoms with van der Waals surface area (Å²) in [5.74, 6) is 0.00403. The summed E-state index contributed by atoms with van der Waals surface area (Å²) in [6, 6.07) is -0.195. The van der Waals surface area contributed by atoms with Gasteiger partial charge in [0.05, 0.1) is 12.1 Å². The maximum atomic E-state index is 12.0. The van der Waals surface area contributed by atoms with E-state index in [1.807, 2.05) is 6.08 Å². The Labute approximate surface area is 173 Å². The van der Waals surface area contributed by atoms with Crippen LogP contribution in [0.5, 0.6) is 0 Å². The highest BCUT2D eigenvalue weighted by Crippen LogP contribution is 2.24. The lowest BCUT2D eigenvalue weighted by Gasteiger charge is -2.19. The van der Waals surface area contributed by atoms with Gasteiger partial charge < -0.3 is 14.9 Å². The molecule has 7 nitrogen and oxygen atoms in total. The molecule has 3 unspecified atom stereocenters. The van der Waals surface area contributed by atoms with Crippen LogP contribution in [0.1, 0.15) is 50.0 Å². The average molecular weight is 429 g/mol. The van der Waals surface area contributed by atoms with Crippen molar-refractivity contribution in [3.05, 3.63) is 23.2 Å². The molecule has 1 aliphatic rings. The molecule has 2 heterocycles. The molecule has 156 valence electrons. The Morgan fingerprint density at radius 2 is 2.36 bits per heavy atom. The number of thiazole rings is 1. The maximum Gasteiger partial charge on any atom is 0.410 e. The highest BCUT2D eigenvalue weighted by molar-refractivity contribution is 8.01. The predicted octanol–water partition coefficient (Wildman–Crippen LogP) is 3.89. The third-order valence-electron chi connectivity index (χ3n) is 4.52. The molecule has 28 heavy (non-hydrogen) atoms. The molecule has 1 aliphatic heterocycles. The predicted molar refractivity (Wildman–Crippen MR) is 110 cm³/mol. The number of unbranched alkanes of at least 4 members (excludes halogenated alkanes) is 1. The number of aromatic nitrogens is 1. The van der Waals surface area contributed by atoms with E-state index in [4.69, 9.17) is 9.84 Å². The fourth-order valence-corrected chi connectivity index (χ4v) is 4.76. The Morgan fingerprint density at radius 3 is 3.04 bits per heavy atom. The normalized spacial score (nSPS) is 19.2. The molecule has 1 aromatic rings. The number of aliphatic hydroxyl groups excluding tert-OH is 1. The van der Waals surface area contributed by atoms with Crippen molar-refractivity contribution >= 4 is 35.2 Å². The van der Waals surface area contributed by atoms with Crippen LogP contribution >= 0.6 is 23.1 Å². The standard InChI is InChI=1S/C19H28N2O5S2/c1-3-4-5-13(2)10-15(22)7-6-14-11-26-19(25)21(14)8-9-27-18-20-16(12-28-18)17(23)24/h6-7,12-15,22H,3-5,8-11H2,1-2H3,(H,23,24). The summed E-state index contributed by atoms with van der Waals surface area (Å²) in [5.41, 5.74) is 0.0380. The number of rotatable bonds is 12. The van der Waals surface area contributed by atoms with E-state index in [2.05, 4.69) is 18.8 Å². The first-order chi connectivity index (χ1) is 13.4. The molecule has 0 aliphatic carbocycles. The number of carbonyl (C=O) groups excluding carboxylic acids is 1. The van der Waals surface area contributed by atoms with Gasteiger partial charge in [0.1, 0.15) is 6.61 Å². The maximum absolute atomic E-state index is 12.0. The molecule has 2 N–H and O–H groups in total. The van der Waals surface area contributed by atoms with E-state index in [1.54, 1.807) is 11.0 Å². The van der Waals surface area contributed by atoms with Gasteiger partial charge in [-0.25, -0.2) is 14.6 Å². The second-order valence-electron chi connectivity index (χ2n) is 6.93. The first kappa shape index (κ1) is 22.7. The van der Waals surface area contributed by atoms with Crippen molar-refractivity contribution in [3.63, 3.8) is 0 Å². The molecule has 0 spiro atoms. The largest absolute Gasteiger partial charge is 0.476 e. The monoisotopic (exact) mass is 428 g/mol. The minimum atomic E-state index is -1.04. The summed E-state index contributed by atoms with van der Waals surface area (Å²) in [5, 5.41) is 20.6. The number of hydrogen-bond acceptors (Lipinski definition) is 7. The molecular formula is C19H28N2O5S2. The van der Waals surface area contributed by atoms with Crippen LogP contribution in [0.3, 0.4) is 0 Å². The lowest BCUT2D eigenvalue weighted by molar-refractivity contribution is 0.0690. The van der Waals surface area contributed by atoms with Gasteiger partial charge in [-0.1, -0.05) is 57.0 Å². The molecule has 1 fully saturated rings. The molecule has 1 aromatic heterocycles. The van der Waals surface area contributed by atoms with Crippen LogP contribution < -0.4 is 0 Å². The summed E-state index contributed by atoms with van der Waals surface area (Å²) < 4.78 is 5.80. The van der Waals surface area contributed by atoms with Crippen molar-refractivity contribution in [2.24, 2.45) is 5.92 Å². The van der Waals surface area contributed by atoms with E-state index < -0.39 is 12.1 Å². The van der Waals surface area contributed by atoms with Crippen LogP contribution in [0.25, 0.3) is 0 Å². The summed E-state index contributed by atoms with van der Waals surface area (Å²) in [6.45, 7) is 5.04. The van der Waals surface area contributed by atoms with Gasteiger partial charge in [-0.15, -0.1) is 11.3 Å². The van der Waals surface area contributed by atoms with Gasteiger partial charge in [0.2, 0.25) is 0 Å². The Balaban J connectivity index is 1.80. The van der Waals surface area contributed by atoms with Crippen LogP contribution in [0.4, 0.5) is 4.79 Å². The van der Waals surface area contributed by atoms with E-state index in [9.17, 15) is 14.7 Å². The number of amides is 1. The molecular weight excluding hydrogens is 400 g/mol. The smallest absolute Gasteiger partial charge is 0.410 e. The Kier molecular flexibility index (Phi) is 9.27. The first-order valence-corrected chi connectivity index (χ1v) is 11.4. The van der Waals surface area contributed by atoms with Crippen LogP contribution in [-0.2, 0) is 4.74 Å². The second-order valence-corrected chi connectivity index (χ2v) is 9.13. The number of ether oxygens (including phenoxy) is 1. The third kappa shape index (κ3) is 7.10. The molecule has 9 heteroatoms. The Hall–Kier alpha value is -1.58. The summed E-state index contributed by atoms with van der Waals surface area (Å²) in [6.07, 6.45) is 6.85. The molecule has 1 saturated heterocycles. The lowest BCUT2D eigenvalue weighted by atomic mass is 9.97. The van der Waals surface area contributed by atoms with E-state index in [-0.39, 0.29) is 24.4 Å². The van der Waals surface area contributed by atoms with E-state index in [0.29, 0.717) is 29.0 Å². The van der Waals surface area contributed by atoms with Crippen molar-refractivity contribution < 1.29 is 24.5 Å². The van der Waals surface area contributed by atoms with Crippen molar-refractivity contribution in [2.75, 3.05) is 18.9 Å². The van der Waals surface area contributed by atoms with Gasteiger partial charge in [0.25, 0.3) is 0 Å². The van der Waals surface area contributed by atoms with Crippen molar-refractivity contribution in [2.45, 2.75) is 56.0 Å². The molecule has 0 bridgehead atoms. The SMILES string of the molecule is CCCCC(C)CC(O)C=CC1COC(=O)N1CCSc1nc(C(=O)O)cs1. The average Bonchev–Trinajstić information content (AvgIpc) is 3.26. The van der Waals surface area contributed by atoms with Gasteiger partial charge >= 0.3 is 12.1 Å². The number of aromatic carboxylic acids is 1. The number of carboxylic acids is 1. The minimum Gasteiger partial charge on any atom is -0.476 e. The fourth-order valence-electron chi connectivity index (χ4n) is 2.95. The Morgan fingerprint density at radius 1 is 1.57 bits per heavy atom. The number of cyclic esters (lactones) is 1. The number of thioether (sulfide) groups is 1. The van der Waals surface area contributed by atoms with Crippen molar-refractivity contribution in [3.8, 4) is 0 Å². The minimum absolute atomic E-state index is 0.0380. The number of hydrogen-bond donors (Lipinski definition) is 2. The topological polar surface area (TPSA) is 100.0 Å². The van der Waals surface area contributed by atoms with Crippen molar-refractivity contribution in [1.29, 1.82) is 0 Å². The van der Waals surface area contributed by atoms with Crippen LogP contribution in [0.15, 0.2) is 21.9 Å². The quantitative estimate of drug-likeness (QED) is 0.385. The Bertz CT molecular complexity index is 679. The zero-order valence-electron chi connectivity index (χ0n) is 16.2. The second kappa shape index (κ2) is 11.4. The molecule has 3 atom stereocenters. The highest BCUT2D eigenvalue weighted by atomic mass is 32.2. The molecule has 0 radical (unpaired) electrons. The van der Waals surface area contributed by atoms with Gasteiger partial charge in [0.15, 0.2) is 10.0 Å². The zero-order valence-corrected chi connectivity index (χ0v) is 17.9. The van der Waals surface area contributed by atoms with Crippen LogP contribution in [0, 0.1) is 5.92 Å². The lowest BCUT2D eigenvalue weighted by Crippen LogP contribution is -2.34. The van der Waals surface area contributed by atoms with Crippen LogP contribution in [0.2, 0.25) is 0 Å². The number of nitrogens with zero attached hydrogens (tertiary/aromatic N) is 2. The molecule has 0 aromatic carbocycles. The van der Waals surface area contributed by atoms with Crippen LogP contribution in [-0.4, -0.2) is 63.2 Å². The van der Waals surface area contributed by atoms with Gasteiger partial charge in [-0.2, -0.15) is 0 Å². The number of carboxylic acid groups (broad SMARTS) is 1. The van der Waals surface area contributed by atoms with Gasteiger partial charge in [-0.3, -0.25) is 4.90 Å². The highest BCUT2D eigenvalue weighted by Gasteiger charge is 2.30. The zero-order chi connectivity index (χ0) is 20.5. The van der Waals surface area contributed by atoms with E-state index >= 15 is 0 Å². The molecule has 1 amide bonds. The molecule has 2 rings (SSSR count). The number of carbonyl (C=O) groups is 2. The summed E-state index contributed by atoms with van der Waals surface area (Å²) in [4.78, 5) is 28.5.